The normalized spacial score (nSPS) is 10.6. The number of nitrogens with one attached hydrogen (secondary N) is 1. The van der Waals surface area contributed by atoms with E-state index in [2.05, 4.69) is 27.9 Å². The fourth-order valence-corrected chi connectivity index (χ4v) is 1.66. The quantitative estimate of drug-likeness (QED) is 0.853. The molecule has 4 heteroatoms. The molecule has 0 amide bonds. The van der Waals surface area contributed by atoms with E-state index in [1.54, 1.807) is 6.07 Å². The van der Waals surface area contributed by atoms with Gasteiger partial charge in [0, 0.05) is 6.42 Å². The summed E-state index contributed by atoms with van der Waals surface area (Å²) in [5.41, 5.74) is 2.91. The highest BCUT2D eigenvalue weighted by Crippen LogP contribution is 2.14. The molecule has 2 aromatic rings. The summed E-state index contributed by atoms with van der Waals surface area (Å²) in [6.45, 7) is 3.99. The molecule has 82 valence electrons. The Labute approximate surface area is 94.3 Å². The van der Waals surface area contributed by atoms with Crippen LogP contribution in [-0.4, -0.2) is 15.0 Å². The summed E-state index contributed by atoms with van der Waals surface area (Å²) in [6, 6.07) is 3.92. The van der Waals surface area contributed by atoms with E-state index in [-0.39, 0.29) is 0 Å². The highest BCUT2D eigenvalue weighted by Gasteiger charge is 2.07. The van der Waals surface area contributed by atoms with Gasteiger partial charge in [0.25, 0.3) is 0 Å². The van der Waals surface area contributed by atoms with Gasteiger partial charge in [0.2, 0.25) is 0 Å². The van der Waals surface area contributed by atoms with Crippen molar-refractivity contribution in [3.05, 3.63) is 23.1 Å². The predicted molar refractivity (Wildman–Crippen MR) is 62.0 cm³/mol. The minimum atomic E-state index is 0.598. The van der Waals surface area contributed by atoms with Crippen LogP contribution in [0.2, 0.25) is 0 Å². The Morgan fingerprint density at radius 1 is 1.44 bits per heavy atom. The van der Waals surface area contributed by atoms with Gasteiger partial charge in [-0.05, 0) is 19.4 Å². The number of nitriles is 1. The first-order valence-electron chi connectivity index (χ1n) is 5.51. The van der Waals surface area contributed by atoms with Gasteiger partial charge in [-0.1, -0.05) is 13.3 Å². The van der Waals surface area contributed by atoms with E-state index in [9.17, 15) is 0 Å². The van der Waals surface area contributed by atoms with E-state index in [4.69, 9.17) is 5.26 Å². The molecular formula is C12H14N4. The number of imidazole rings is 1. The summed E-state index contributed by atoms with van der Waals surface area (Å²) in [5, 5.41) is 8.90. The van der Waals surface area contributed by atoms with Crippen LogP contribution in [0.3, 0.4) is 0 Å². The maximum Gasteiger partial charge on any atom is 0.157 e. The zero-order valence-electron chi connectivity index (χ0n) is 9.54. The van der Waals surface area contributed by atoms with Crippen LogP contribution in [0, 0.1) is 18.3 Å². The van der Waals surface area contributed by atoms with Crippen LogP contribution >= 0.6 is 0 Å². The monoisotopic (exact) mass is 214 g/mol. The lowest BCUT2D eigenvalue weighted by molar-refractivity contribution is 0.764. The molecule has 0 aliphatic heterocycles. The van der Waals surface area contributed by atoms with Crippen molar-refractivity contribution < 1.29 is 0 Å². The van der Waals surface area contributed by atoms with Crippen LogP contribution in [0.5, 0.6) is 0 Å². The van der Waals surface area contributed by atoms with E-state index < -0.39 is 0 Å². The number of fused-ring (bicyclic) bond motifs is 1. The molecule has 2 rings (SSSR count). The highest BCUT2D eigenvalue weighted by molar-refractivity contribution is 5.73. The van der Waals surface area contributed by atoms with E-state index in [1.807, 2.05) is 6.92 Å². The minimum Gasteiger partial charge on any atom is -0.327 e. The van der Waals surface area contributed by atoms with Gasteiger partial charge in [-0.15, -0.1) is 0 Å². The SMILES string of the molecule is CCCCc1nc2cc(C#N)c(C)nc2[nH]1. The lowest BCUT2D eigenvalue weighted by Crippen LogP contribution is -1.88. The largest absolute Gasteiger partial charge is 0.327 e. The van der Waals surface area contributed by atoms with Crippen molar-refractivity contribution in [3.8, 4) is 6.07 Å². The van der Waals surface area contributed by atoms with Gasteiger partial charge in [0.15, 0.2) is 5.65 Å². The molecule has 0 aliphatic carbocycles. The van der Waals surface area contributed by atoms with Gasteiger partial charge < -0.3 is 4.98 Å². The highest BCUT2D eigenvalue weighted by atomic mass is 15.0. The van der Waals surface area contributed by atoms with Crippen molar-refractivity contribution in [2.75, 3.05) is 0 Å². The topological polar surface area (TPSA) is 65.4 Å². The number of hydrogen-bond donors (Lipinski definition) is 1. The maximum atomic E-state index is 8.90. The second kappa shape index (κ2) is 4.31. The Balaban J connectivity index is 2.42. The number of nitrogens with zero attached hydrogens (tertiary/aromatic N) is 3. The third kappa shape index (κ3) is 1.89. The van der Waals surface area contributed by atoms with Crippen LogP contribution in [0.25, 0.3) is 11.2 Å². The van der Waals surface area contributed by atoms with Crippen molar-refractivity contribution in [1.29, 1.82) is 5.26 Å². The van der Waals surface area contributed by atoms with E-state index in [0.29, 0.717) is 5.56 Å². The molecule has 0 radical (unpaired) electrons. The predicted octanol–water partition coefficient (Wildman–Crippen LogP) is 2.48. The van der Waals surface area contributed by atoms with Crippen molar-refractivity contribution in [2.45, 2.75) is 33.1 Å². The number of hydrogen-bond acceptors (Lipinski definition) is 3. The Morgan fingerprint density at radius 2 is 2.25 bits per heavy atom. The Hall–Kier alpha value is -1.89. The number of H-pyrrole nitrogens is 1. The molecule has 1 N–H and O–H groups in total. The van der Waals surface area contributed by atoms with Crippen molar-refractivity contribution in [2.24, 2.45) is 0 Å². The fourth-order valence-electron chi connectivity index (χ4n) is 1.66. The molecule has 2 aromatic heterocycles. The Morgan fingerprint density at radius 3 is 2.94 bits per heavy atom. The van der Waals surface area contributed by atoms with Gasteiger partial charge in [0.05, 0.1) is 11.3 Å². The lowest BCUT2D eigenvalue weighted by atomic mass is 10.2. The van der Waals surface area contributed by atoms with Crippen molar-refractivity contribution in [3.63, 3.8) is 0 Å². The molecule has 0 aliphatic rings. The number of unbranched alkanes of at least 4 members (excludes halogenated alkanes) is 1. The molecule has 4 nitrogen and oxygen atoms in total. The van der Waals surface area contributed by atoms with Gasteiger partial charge in [0.1, 0.15) is 17.4 Å². The molecule has 0 bridgehead atoms. The smallest absolute Gasteiger partial charge is 0.157 e. The first-order chi connectivity index (χ1) is 7.74. The second-order valence-electron chi connectivity index (χ2n) is 3.89. The van der Waals surface area contributed by atoms with Crippen molar-refractivity contribution in [1.82, 2.24) is 15.0 Å². The zero-order chi connectivity index (χ0) is 11.5. The molecule has 0 saturated carbocycles. The molecule has 0 atom stereocenters. The molecule has 16 heavy (non-hydrogen) atoms. The molecule has 0 unspecified atom stereocenters. The molecule has 0 aromatic carbocycles. The fraction of sp³-hybridized carbons (Fsp3) is 0.417. The molecule has 0 fully saturated rings. The maximum absolute atomic E-state index is 8.90. The summed E-state index contributed by atoms with van der Waals surface area (Å²) in [4.78, 5) is 12.0. The number of aryl methyl sites for hydroxylation is 2. The van der Waals surface area contributed by atoms with Crippen LogP contribution in [0.15, 0.2) is 6.07 Å². The van der Waals surface area contributed by atoms with Crippen LogP contribution < -0.4 is 0 Å². The van der Waals surface area contributed by atoms with Gasteiger partial charge >= 0.3 is 0 Å². The molecule has 0 spiro atoms. The number of aromatic amines is 1. The van der Waals surface area contributed by atoms with Crippen LogP contribution in [-0.2, 0) is 6.42 Å². The Bertz CT molecular complexity index is 548. The lowest BCUT2D eigenvalue weighted by Gasteiger charge is -1.94. The minimum absolute atomic E-state index is 0.598. The molecular weight excluding hydrogens is 200 g/mol. The van der Waals surface area contributed by atoms with Gasteiger partial charge in [-0.3, -0.25) is 0 Å². The first-order valence-corrected chi connectivity index (χ1v) is 5.51. The van der Waals surface area contributed by atoms with Gasteiger partial charge in [-0.2, -0.15) is 5.26 Å². The van der Waals surface area contributed by atoms with Crippen LogP contribution in [0.1, 0.15) is 36.8 Å². The molecule has 2 heterocycles. The molecule has 0 saturated heterocycles. The van der Waals surface area contributed by atoms with Crippen LogP contribution in [0.4, 0.5) is 0 Å². The second-order valence-corrected chi connectivity index (χ2v) is 3.89. The van der Waals surface area contributed by atoms with E-state index in [1.165, 1.54) is 0 Å². The zero-order valence-corrected chi connectivity index (χ0v) is 9.54. The van der Waals surface area contributed by atoms with Crippen molar-refractivity contribution >= 4 is 11.2 Å². The summed E-state index contributed by atoms with van der Waals surface area (Å²) in [6.07, 6.45) is 3.20. The summed E-state index contributed by atoms with van der Waals surface area (Å²) in [7, 11) is 0. The van der Waals surface area contributed by atoms with E-state index >= 15 is 0 Å². The standard InChI is InChI=1S/C12H14N4/c1-3-4-5-11-15-10-6-9(7-13)8(2)14-12(10)16-11/h6H,3-5H2,1-2H3,(H,14,15,16). The summed E-state index contributed by atoms with van der Waals surface area (Å²) in [5.74, 6) is 0.957. The third-order valence-corrected chi connectivity index (χ3v) is 2.60. The first kappa shape index (κ1) is 10.6. The average molecular weight is 214 g/mol. The van der Waals surface area contributed by atoms with E-state index in [0.717, 1.165) is 41.9 Å². The third-order valence-electron chi connectivity index (χ3n) is 2.60. The summed E-state index contributed by atoms with van der Waals surface area (Å²) >= 11 is 0. The summed E-state index contributed by atoms with van der Waals surface area (Å²) < 4.78 is 0. The van der Waals surface area contributed by atoms with Gasteiger partial charge in [-0.25, -0.2) is 9.97 Å². The Kier molecular flexibility index (Phi) is 2.86. The average Bonchev–Trinajstić information content (AvgIpc) is 2.66. The number of aromatic nitrogens is 3. The number of pyridine rings is 1. The number of rotatable bonds is 3.